The fourth-order valence-corrected chi connectivity index (χ4v) is 4.12. The summed E-state index contributed by atoms with van der Waals surface area (Å²) in [5.74, 6) is 1.35. The molecule has 0 aliphatic carbocycles. The lowest BCUT2D eigenvalue weighted by molar-refractivity contribution is -0.117. The van der Waals surface area contributed by atoms with Crippen molar-refractivity contribution in [1.29, 1.82) is 0 Å². The summed E-state index contributed by atoms with van der Waals surface area (Å²) in [6.45, 7) is 3.57. The third kappa shape index (κ3) is 6.20. The Hall–Kier alpha value is -4.79. The number of methoxy groups -OCH3 is 3. The monoisotopic (exact) mass is 528 g/mol. The number of hydrogen-bond acceptors (Lipinski definition) is 6. The second-order valence-electron chi connectivity index (χ2n) is 9.03. The summed E-state index contributed by atoms with van der Waals surface area (Å²) in [4.78, 5) is 32.8. The maximum atomic E-state index is 13.3. The number of benzene rings is 3. The van der Waals surface area contributed by atoms with E-state index in [2.05, 4.69) is 5.32 Å². The van der Waals surface area contributed by atoms with Gasteiger partial charge in [0.1, 0.15) is 12.3 Å². The number of rotatable bonds is 10. The molecular weight excluding hydrogens is 496 g/mol. The van der Waals surface area contributed by atoms with E-state index in [4.69, 9.17) is 19.2 Å². The predicted molar refractivity (Wildman–Crippen MR) is 150 cm³/mol. The van der Waals surface area contributed by atoms with E-state index in [-0.39, 0.29) is 24.4 Å². The summed E-state index contributed by atoms with van der Waals surface area (Å²) < 4.78 is 17.9. The first-order valence-corrected chi connectivity index (χ1v) is 12.5. The maximum absolute atomic E-state index is 13.3. The van der Waals surface area contributed by atoms with Crippen LogP contribution in [0.3, 0.4) is 0 Å². The Balaban J connectivity index is 1.65. The molecule has 1 N–H and O–H groups in total. The van der Waals surface area contributed by atoms with Crippen LogP contribution in [0.1, 0.15) is 24.2 Å². The lowest BCUT2D eigenvalue weighted by Crippen LogP contribution is -2.42. The summed E-state index contributed by atoms with van der Waals surface area (Å²) in [7, 11) is 4.68. The van der Waals surface area contributed by atoms with Gasteiger partial charge < -0.3 is 19.1 Å². The number of anilines is 1. The minimum atomic E-state index is -0.383. The van der Waals surface area contributed by atoms with Crippen LogP contribution in [-0.2, 0) is 4.79 Å². The van der Waals surface area contributed by atoms with Crippen LogP contribution in [0.2, 0.25) is 0 Å². The van der Waals surface area contributed by atoms with E-state index in [0.29, 0.717) is 40.1 Å². The average molecular weight is 529 g/mol. The topological polar surface area (TPSA) is 94.9 Å². The number of carbonyl (C=O) groups is 2. The first-order chi connectivity index (χ1) is 18.8. The molecule has 9 nitrogen and oxygen atoms in total. The fourth-order valence-electron chi connectivity index (χ4n) is 4.12. The first kappa shape index (κ1) is 27.3. The number of hydrogen-bond donors (Lipinski definition) is 1. The highest BCUT2D eigenvalue weighted by Gasteiger charge is 2.23. The average Bonchev–Trinajstić information content (AvgIpc) is 3.39. The Bertz CT molecular complexity index is 1450. The molecule has 202 valence electrons. The Morgan fingerprint density at radius 3 is 2.31 bits per heavy atom. The van der Waals surface area contributed by atoms with Gasteiger partial charge >= 0.3 is 0 Å². The third-order valence-corrected chi connectivity index (χ3v) is 6.19. The predicted octanol–water partition coefficient (Wildman–Crippen LogP) is 5.05. The fraction of sp³-hybridized carbons (Fsp3) is 0.233. The largest absolute Gasteiger partial charge is 0.497 e. The van der Waals surface area contributed by atoms with Crippen molar-refractivity contribution < 1.29 is 23.8 Å². The highest BCUT2D eigenvalue weighted by atomic mass is 16.5. The number of imidazole rings is 1. The quantitative estimate of drug-likeness (QED) is 0.309. The van der Waals surface area contributed by atoms with Gasteiger partial charge in [-0.3, -0.25) is 19.5 Å². The SMILES string of the molecule is COc1cccc(C(=O)N(CC(=O)Nc2nc(-c3ccccc3)cn2-c2ccc(OC)c(OC)c2)C(C)C)c1. The number of nitrogens with one attached hydrogen (secondary N) is 1. The molecule has 0 radical (unpaired) electrons. The van der Waals surface area contributed by atoms with Crippen LogP contribution in [0.25, 0.3) is 16.9 Å². The minimum absolute atomic E-state index is 0.160. The molecule has 0 fully saturated rings. The van der Waals surface area contributed by atoms with E-state index < -0.39 is 0 Å². The summed E-state index contributed by atoms with van der Waals surface area (Å²) in [6.07, 6.45) is 1.84. The number of nitrogens with zero attached hydrogens (tertiary/aromatic N) is 3. The molecule has 0 saturated carbocycles. The summed E-state index contributed by atoms with van der Waals surface area (Å²) in [5, 5.41) is 2.90. The molecule has 4 rings (SSSR count). The van der Waals surface area contributed by atoms with Gasteiger partial charge in [-0.25, -0.2) is 4.98 Å². The lowest BCUT2D eigenvalue weighted by atomic mass is 10.1. The summed E-state index contributed by atoms with van der Waals surface area (Å²) >= 11 is 0. The molecule has 0 saturated heterocycles. The van der Waals surface area contributed by atoms with Gasteiger partial charge in [0.15, 0.2) is 11.5 Å². The van der Waals surface area contributed by atoms with E-state index in [1.165, 1.54) is 4.90 Å². The Morgan fingerprint density at radius 1 is 0.897 bits per heavy atom. The molecule has 39 heavy (non-hydrogen) atoms. The van der Waals surface area contributed by atoms with E-state index in [1.807, 2.05) is 56.4 Å². The maximum Gasteiger partial charge on any atom is 0.254 e. The zero-order chi connectivity index (χ0) is 27.9. The molecular formula is C30H32N4O5. The molecule has 0 spiro atoms. The molecule has 0 bridgehead atoms. The van der Waals surface area contributed by atoms with Crippen LogP contribution < -0.4 is 19.5 Å². The smallest absolute Gasteiger partial charge is 0.254 e. The van der Waals surface area contributed by atoms with Crippen molar-refractivity contribution in [2.75, 3.05) is 33.2 Å². The van der Waals surface area contributed by atoms with Crippen LogP contribution in [0.4, 0.5) is 5.95 Å². The second kappa shape index (κ2) is 12.2. The van der Waals surface area contributed by atoms with Crippen molar-refractivity contribution in [3.63, 3.8) is 0 Å². The highest BCUT2D eigenvalue weighted by Crippen LogP contribution is 2.32. The van der Waals surface area contributed by atoms with Crippen molar-refractivity contribution in [3.8, 4) is 34.2 Å². The van der Waals surface area contributed by atoms with E-state index in [9.17, 15) is 9.59 Å². The lowest BCUT2D eigenvalue weighted by Gasteiger charge is -2.26. The van der Waals surface area contributed by atoms with Crippen molar-refractivity contribution >= 4 is 17.8 Å². The third-order valence-electron chi connectivity index (χ3n) is 6.19. The molecule has 3 aromatic carbocycles. The van der Waals surface area contributed by atoms with E-state index in [1.54, 1.807) is 62.3 Å². The van der Waals surface area contributed by atoms with Crippen molar-refractivity contribution in [1.82, 2.24) is 14.5 Å². The van der Waals surface area contributed by atoms with Gasteiger partial charge in [-0.1, -0.05) is 36.4 Å². The zero-order valence-corrected chi connectivity index (χ0v) is 22.7. The van der Waals surface area contributed by atoms with Crippen LogP contribution >= 0.6 is 0 Å². The Morgan fingerprint density at radius 2 is 1.64 bits per heavy atom. The van der Waals surface area contributed by atoms with Gasteiger partial charge in [-0.05, 0) is 44.2 Å². The van der Waals surface area contributed by atoms with E-state index >= 15 is 0 Å². The van der Waals surface area contributed by atoms with Gasteiger partial charge in [0.2, 0.25) is 11.9 Å². The molecule has 1 aromatic heterocycles. The highest BCUT2D eigenvalue weighted by molar-refractivity contribution is 5.99. The molecule has 0 aliphatic heterocycles. The van der Waals surface area contributed by atoms with Crippen LogP contribution in [-0.4, -0.2) is 60.2 Å². The van der Waals surface area contributed by atoms with Gasteiger partial charge in [-0.2, -0.15) is 0 Å². The molecule has 9 heteroatoms. The van der Waals surface area contributed by atoms with Gasteiger partial charge in [0.25, 0.3) is 5.91 Å². The van der Waals surface area contributed by atoms with E-state index in [0.717, 1.165) is 5.56 Å². The van der Waals surface area contributed by atoms with Crippen molar-refractivity contribution in [3.05, 3.63) is 84.6 Å². The van der Waals surface area contributed by atoms with Gasteiger partial charge in [-0.15, -0.1) is 0 Å². The van der Waals surface area contributed by atoms with Gasteiger partial charge in [0.05, 0.1) is 32.7 Å². The molecule has 0 atom stereocenters. The summed E-state index contributed by atoms with van der Waals surface area (Å²) in [5.41, 5.74) is 2.72. The van der Waals surface area contributed by atoms with Crippen LogP contribution in [0.5, 0.6) is 17.2 Å². The molecule has 1 heterocycles. The zero-order valence-electron chi connectivity index (χ0n) is 22.7. The minimum Gasteiger partial charge on any atom is -0.497 e. The number of carbonyl (C=O) groups excluding carboxylic acids is 2. The second-order valence-corrected chi connectivity index (χ2v) is 9.03. The van der Waals surface area contributed by atoms with Crippen molar-refractivity contribution in [2.24, 2.45) is 0 Å². The summed E-state index contributed by atoms with van der Waals surface area (Å²) in [6, 6.07) is 21.8. The van der Waals surface area contributed by atoms with Crippen LogP contribution in [0, 0.1) is 0 Å². The Kier molecular flexibility index (Phi) is 8.50. The molecule has 2 amide bonds. The normalized spacial score (nSPS) is 10.7. The number of aromatic nitrogens is 2. The number of amides is 2. The molecule has 0 aliphatic rings. The molecule has 0 unspecified atom stereocenters. The Labute approximate surface area is 227 Å². The first-order valence-electron chi connectivity index (χ1n) is 12.5. The molecule has 4 aromatic rings. The standard InChI is InChI=1S/C30H32N4O5/c1-20(2)33(29(36)22-12-9-13-24(16-22)37-3)19-28(35)32-30-31-25(21-10-7-6-8-11-21)18-34(30)23-14-15-26(38-4)27(17-23)39-5/h6-18,20H,19H2,1-5H3,(H,31,32,35). The number of ether oxygens (including phenoxy) is 3. The van der Waals surface area contributed by atoms with Crippen molar-refractivity contribution in [2.45, 2.75) is 19.9 Å². The van der Waals surface area contributed by atoms with Gasteiger partial charge in [0, 0.05) is 29.4 Å². The van der Waals surface area contributed by atoms with Crippen LogP contribution in [0.15, 0.2) is 79.0 Å².